The Bertz CT molecular complexity index is 674. The highest BCUT2D eigenvalue weighted by atomic mass is 35.5. The zero-order chi connectivity index (χ0) is 15.8. The van der Waals surface area contributed by atoms with Crippen LogP contribution >= 0.6 is 22.9 Å². The van der Waals surface area contributed by atoms with Crippen LogP contribution < -0.4 is 5.32 Å². The van der Waals surface area contributed by atoms with E-state index in [0.29, 0.717) is 22.6 Å². The van der Waals surface area contributed by atoms with Crippen molar-refractivity contribution >= 4 is 34.5 Å². The van der Waals surface area contributed by atoms with Crippen molar-refractivity contribution in [2.24, 2.45) is 0 Å². The quantitative estimate of drug-likeness (QED) is 0.866. The molecule has 0 aliphatic rings. The first kappa shape index (κ1) is 15.8. The molecule has 1 aromatic carbocycles. The van der Waals surface area contributed by atoms with Gasteiger partial charge in [-0.15, -0.1) is 11.3 Å². The normalized spacial score (nSPS) is 11.5. The Kier molecular flexibility index (Phi) is 4.25. The van der Waals surface area contributed by atoms with Crippen molar-refractivity contribution in [2.45, 2.75) is 20.0 Å². The van der Waals surface area contributed by atoms with Crippen LogP contribution in [0.5, 0.6) is 0 Å². The van der Waals surface area contributed by atoms with E-state index >= 15 is 0 Å². The van der Waals surface area contributed by atoms with Gasteiger partial charge in [-0.3, -0.25) is 4.79 Å². The number of halogens is 4. The SMILES string of the molecule is Cc1cc(C)c(NC(=O)c2scnc2C(F)(F)F)c(Cl)c1. The Morgan fingerprint density at radius 2 is 2.00 bits per heavy atom. The van der Waals surface area contributed by atoms with Gasteiger partial charge in [0.2, 0.25) is 0 Å². The zero-order valence-electron chi connectivity index (χ0n) is 11.0. The first-order chi connectivity index (χ1) is 9.70. The number of hydrogen-bond acceptors (Lipinski definition) is 3. The third kappa shape index (κ3) is 3.36. The molecule has 1 heterocycles. The van der Waals surface area contributed by atoms with Crippen molar-refractivity contribution < 1.29 is 18.0 Å². The van der Waals surface area contributed by atoms with Gasteiger partial charge < -0.3 is 5.32 Å². The van der Waals surface area contributed by atoms with Crippen molar-refractivity contribution in [3.05, 3.63) is 44.4 Å². The van der Waals surface area contributed by atoms with Crippen LogP contribution in [0.15, 0.2) is 17.6 Å². The Hall–Kier alpha value is -1.60. The Morgan fingerprint density at radius 1 is 1.33 bits per heavy atom. The van der Waals surface area contributed by atoms with Crippen molar-refractivity contribution in [2.75, 3.05) is 5.32 Å². The van der Waals surface area contributed by atoms with E-state index in [1.54, 1.807) is 19.1 Å². The maximum absolute atomic E-state index is 12.7. The highest BCUT2D eigenvalue weighted by Crippen LogP contribution is 2.34. The summed E-state index contributed by atoms with van der Waals surface area (Å²) in [5.41, 5.74) is 1.66. The van der Waals surface area contributed by atoms with Gasteiger partial charge in [-0.05, 0) is 31.0 Å². The number of carbonyl (C=O) groups is 1. The summed E-state index contributed by atoms with van der Waals surface area (Å²) < 4.78 is 38.2. The minimum absolute atomic E-state index is 0.277. The second-order valence-corrected chi connectivity index (χ2v) is 5.68. The molecule has 0 radical (unpaired) electrons. The zero-order valence-corrected chi connectivity index (χ0v) is 12.6. The van der Waals surface area contributed by atoms with Gasteiger partial charge in [-0.2, -0.15) is 13.2 Å². The molecule has 3 nitrogen and oxygen atoms in total. The molecule has 2 rings (SSSR count). The minimum atomic E-state index is -4.67. The molecular weight excluding hydrogens is 325 g/mol. The average molecular weight is 335 g/mol. The second kappa shape index (κ2) is 5.65. The molecule has 0 bridgehead atoms. The van der Waals surface area contributed by atoms with Crippen LogP contribution in [0.4, 0.5) is 18.9 Å². The molecule has 21 heavy (non-hydrogen) atoms. The third-order valence-electron chi connectivity index (χ3n) is 2.71. The number of rotatable bonds is 2. The first-order valence-corrected chi connectivity index (χ1v) is 7.04. The standard InChI is InChI=1S/C13H10ClF3N2OS/c1-6-3-7(2)9(8(14)4-6)19-12(20)10-11(13(15,16)17)18-5-21-10/h3-5H,1-2H3,(H,19,20). The molecule has 1 amide bonds. The van der Waals surface area contributed by atoms with Gasteiger partial charge in [0.25, 0.3) is 5.91 Å². The van der Waals surface area contributed by atoms with Crippen LogP contribution in [0.3, 0.4) is 0 Å². The van der Waals surface area contributed by atoms with Crippen LogP contribution in [0.2, 0.25) is 5.02 Å². The summed E-state index contributed by atoms with van der Waals surface area (Å²) in [6.07, 6.45) is -4.67. The summed E-state index contributed by atoms with van der Waals surface area (Å²) in [6, 6.07) is 3.40. The molecule has 0 aliphatic heterocycles. The number of aryl methyl sites for hydroxylation is 2. The van der Waals surface area contributed by atoms with Gasteiger partial charge in [0, 0.05) is 0 Å². The number of aromatic nitrogens is 1. The summed E-state index contributed by atoms with van der Waals surface area (Å²) in [6.45, 7) is 3.54. The van der Waals surface area contributed by atoms with Crippen LogP contribution in [0, 0.1) is 13.8 Å². The summed E-state index contributed by atoms with van der Waals surface area (Å²) >= 11 is 6.65. The van der Waals surface area contributed by atoms with Crippen LogP contribution in [0.1, 0.15) is 26.5 Å². The van der Waals surface area contributed by atoms with Crippen LogP contribution in [-0.2, 0) is 6.18 Å². The number of hydrogen-bond donors (Lipinski definition) is 1. The Balaban J connectivity index is 2.34. The predicted octanol–water partition coefficient (Wildman–Crippen LogP) is 4.68. The van der Waals surface area contributed by atoms with E-state index in [0.717, 1.165) is 11.1 Å². The van der Waals surface area contributed by atoms with E-state index in [1.807, 2.05) is 6.92 Å². The summed E-state index contributed by atoms with van der Waals surface area (Å²) in [5, 5.41) is 2.70. The highest BCUT2D eigenvalue weighted by molar-refractivity contribution is 7.12. The second-order valence-electron chi connectivity index (χ2n) is 4.42. The fourth-order valence-corrected chi connectivity index (χ4v) is 2.92. The van der Waals surface area contributed by atoms with E-state index in [9.17, 15) is 18.0 Å². The van der Waals surface area contributed by atoms with E-state index in [1.165, 1.54) is 0 Å². The van der Waals surface area contributed by atoms with Gasteiger partial charge in [0.1, 0.15) is 4.88 Å². The fraction of sp³-hybridized carbons (Fsp3) is 0.231. The van der Waals surface area contributed by atoms with Gasteiger partial charge >= 0.3 is 6.18 Å². The first-order valence-electron chi connectivity index (χ1n) is 5.79. The largest absolute Gasteiger partial charge is 0.434 e. The Morgan fingerprint density at radius 3 is 2.57 bits per heavy atom. The molecular formula is C13H10ClF3N2OS. The lowest BCUT2D eigenvalue weighted by Crippen LogP contribution is -2.18. The number of nitrogens with one attached hydrogen (secondary N) is 1. The number of anilines is 1. The van der Waals surface area contributed by atoms with Crippen LogP contribution in [0.25, 0.3) is 0 Å². The van der Waals surface area contributed by atoms with Gasteiger partial charge in [-0.1, -0.05) is 17.7 Å². The molecule has 1 aromatic heterocycles. The number of nitrogens with zero attached hydrogens (tertiary/aromatic N) is 1. The van der Waals surface area contributed by atoms with E-state index < -0.39 is 22.7 Å². The maximum Gasteiger partial charge on any atom is 0.434 e. The minimum Gasteiger partial charge on any atom is -0.320 e. The molecule has 1 N–H and O–H groups in total. The van der Waals surface area contributed by atoms with Gasteiger partial charge in [0.05, 0.1) is 16.2 Å². The molecule has 0 saturated heterocycles. The topological polar surface area (TPSA) is 42.0 Å². The molecule has 2 aromatic rings. The van der Waals surface area contributed by atoms with Crippen molar-refractivity contribution in [3.63, 3.8) is 0 Å². The number of alkyl halides is 3. The smallest absolute Gasteiger partial charge is 0.320 e. The molecule has 0 saturated carbocycles. The molecule has 0 fully saturated rings. The highest BCUT2D eigenvalue weighted by Gasteiger charge is 2.38. The van der Waals surface area contributed by atoms with Crippen molar-refractivity contribution in [3.8, 4) is 0 Å². The molecule has 0 spiro atoms. The fourth-order valence-electron chi connectivity index (χ4n) is 1.85. The predicted molar refractivity (Wildman–Crippen MR) is 76.0 cm³/mol. The summed E-state index contributed by atoms with van der Waals surface area (Å²) in [7, 11) is 0. The van der Waals surface area contributed by atoms with Crippen molar-refractivity contribution in [1.82, 2.24) is 4.98 Å². The molecule has 0 unspecified atom stereocenters. The van der Waals surface area contributed by atoms with Gasteiger partial charge in [-0.25, -0.2) is 4.98 Å². The summed E-state index contributed by atoms with van der Waals surface area (Å²) in [4.78, 5) is 14.8. The van der Waals surface area contributed by atoms with E-state index in [-0.39, 0.29) is 5.02 Å². The third-order valence-corrected chi connectivity index (χ3v) is 3.84. The Labute approximate surface area is 127 Å². The lowest BCUT2D eigenvalue weighted by molar-refractivity contribution is -0.141. The monoisotopic (exact) mass is 334 g/mol. The number of benzene rings is 1. The average Bonchev–Trinajstić information content (AvgIpc) is 2.82. The lowest BCUT2D eigenvalue weighted by atomic mass is 10.1. The summed E-state index contributed by atoms with van der Waals surface area (Å²) in [5.74, 6) is -0.876. The van der Waals surface area contributed by atoms with Gasteiger partial charge in [0.15, 0.2) is 5.69 Å². The lowest BCUT2D eigenvalue weighted by Gasteiger charge is -2.12. The molecule has 112 valence electrons. The van der Waals surface area contributed by atoms with E-state index in [4.69, 9.17) is 11.6 Å². The van der Waals surface area contributed by atoms with E-state index in [2.05, 4.69) is 10.3 Å². The molecule has 8 heteroatoms. The number of thiazole rings is 1. The van der Waals surface area contributed by atoms with Crippen molar-refractivity contribution in [1.29, 1.82) is 0 Å². The molecule has 0 aliphatic carbocycles. The number of carbonyl (C=O) groups excluding carboxylic acids is 1. The van der Waals surface area contributed by atoms with Crippen LogP contribution in [-0.4, -0.2) is 10.9 Å². The molecule has 0 atom stereocenters. The number of amides is 1. The maximum atomic E-state index is 12.7.